The number of ether oxygens (including phenoxy) is 1. The van der Waals surface area contributed by atoms with Gasteiger partial charge in [-0.3, -0.25) is 4.79 Å². The molecular formula is C32H28N4O3. The number of amides is 1. The molecule has 0 aliphatic carbocycles. The Bertz CT molecular complexity index is 1660. The fraction of sp³-hybridized carbons (Fsp3) is 0.156. The first-order valence-corrected chi connectivity index (χ1v) is 12.7. The van der Waals surface area contributed by atoms with Gasteiger partial charge in [-0.05, 0) is 57.5 Å². The first-order valence-electron chi connectivity index (χ1n) is 12.7. The summed E-state index contributed by atoms with van der Waals surface area (Å²) in [7, 11) is 0. The minimum Gasteiger partial charge on any atom is -0.449 e. The van der Waals surface area contributed by atoms with Gasteiger partial charge in [-0.1, -0.05) is 65.7 Å². The normalized spacial score (nSPS) is 11.7. The molecular weight excluding hydrogens is 488 g/mol. The number of aryl methyl sites for hydroxylation is 3. The Balaban J connectivity index is 1.44. The molecule has 3 aromatic carbocycles. The molecule has 0 radical (unpaired) electrons. The van der Waals surface area contributed by atoms with Gasteiger partial charge in [0.05, 0.1) is 28.0 Å². The molecule has 1 atom stereocenters. The summed E-state index contributed by atoms with van der Waals surface area (Å²) in [5, 5.41) is 2.66. The fourth-order valence-corrected chi connectivity index (χ4v) is 4.06. The largest absolute Gasteiger partial charge is 0.449 e. The molecule has 0 aliphatic heterocycles. The number of pyridine rings is 1. The van der Waals surface area contributed by atoms with Gasteiger partial charge in [-0.25, -0.2) is 19.7 Å². The van der Waals surface area contributed by atoms with E-state index in [0.29, 0.717) is 16.9 Å². The van der Waals surface area contributed by atoms with Crippen LogP contribution in [0.2, 0.25) is 0 Å². The third-order valence-electron chi connectivity index (χ3n) is 6.37. The zero-order valence-corrected chi connectivity index (χ0v) is 22.2. The van der Waals surface area contributed by atoms with E-state index in [1.54, 1.807) is 30.5 Å². The lowest BCUT2D eigenvalue weighted by Gasteiger charge is -2.14. The van der Waals surface area contributed by atoms with E-state index in [1.165, 1.54) is 6.92 Å². The maximum absolute atomic E-state index is 12.9. The second kappa shape index (κ2) is 10.8. The van der Waals surface area contributed by atoms with Crippen LogP contribution in [0.25, 0.3) is 33.5 Å². The molecule has 0 saturated carbocycles. The highest BCUT2D eigenvalue weighted by atomic mass is 16.5. The van der Waals surface area contributed by atoms with Gasteiger partial charge in [0.25, 0.3) is 5.91 Å². The van der Waals surface area contributed by atoms with Crippen molar-refractivity contribution in [3.8, 4) is 22.5 Å². The summed E-state index contributed by atoms with van der Waals surface area (Å²) >= 11 is 0. The molecule has 1 unspecified atom stereocenters. The number of hydrogen-bond donors (Lipinski definition) is 1. The van der Waals surface area contributed by atoms with Crippen molar-refractivity contribution in [1.29, 1.82) is 0 Å². The van der Waals surface area contributed by atoms with E-state index < -0.39 is 18.0 Å². The maximum Gasteiger partial charge on any atom is 0.338 e. The lowest BCUT2D eigenvalue weighted by molar-refractivity contribution is -0.123. The number of benzene rings is 3. The van der Waals surface area contributed by atoms with Crippen LogP contribution in [0.1, 0.15) is 34.0 Å². The van der Waals surface area contributed by atoms with Gasteiger partial charge in [0, 0.05) is 17.3 Å². The second-order valence-electron chi connectivity index (χ2n) is 9.61. The zero-order valence-electron chi connectivity index (χ0n) is 22.2. The third-order valence-corrected chi connectivity index (χ3v) is 6.37. The van der Waals surface area contributed by atoms with Crippen molar-refractivity contribution in [2.45, 2.75) is 33.8 Å². The lowest BCUT2D eigenvalue weighted by atomic mass is 10.0. The average Bonchev–Trinajstić information content (AvgIpc) is 2.94. The molecule has 2 heterocycles. The molecule has 2 aromatic heterocycles. The van der Waals surface area contributed by atoms with E-state index >= 15 is 0 Å². The van der Waals surface area contributed by atoms with Crippen LogP contribution in [-0.2, 0) is 9.53 Å². The molecule has 0 saturated heterocycles. The molecule has 5 aromatic rings. The summed E-state index contributed by atoms with van der Waals surface area (Å²) in [5.41, 5.74) is 8.12. The fourth-order valence-electron chi connectivity index (χ4n) is 4.06. The lowest BCUT2D eigenvalue weighted by Crippen LogP contribution is -2.30. The predicted molar refractivity (Wildman–Crippen MR) is 152 cm³/mol. The van der Waals surface area contributed by atoms with Gasteiger partial charge in [-0.2, -0.15) is 0 Å². The van der Waals surface area contributed by atoms with E-state index in [9.17, 15) is 9.59 Å². The standard InChI is InChI=1S/C32H28N4O3/c1-19-5-10-23(11-6-19)29-30(24-12-7-20(2)8-13-24)35-27-17-25(14-15-26(27)34-29)32(38)39-22(4)31(37)36-28-16-9-21(3)18-33-28/h5-18,22H,1-4H3,(H,33,36,37). The zero-order chi connectivity index (χ0) is 27.5. The molecule has 0 aliphatic rings. The number of nitrogens with one attached hydrogen (secondary N) is 1. The Morgan fingerprint density at radius 3 is 1.85 bits per heavy atom. The van der Waals surface area contributed by atoms with Crippen LogP contribution in [0.3, 0.4) is 0 Å². The Morgan fingerprint density at radius 2 is 1.28 bits per heavy atom. The van der Waals surface area contributed by atoms with Crippen molar-refractivity contribution in [3.63, 3.8) is 0 Å². The molecule has 7 heteroatoms. The van der Waals surface area contributed by atoms with Crippen LogP contribution in [0.4, 0.5) is 5.82 Å². The number of carbonyl (C=O) groups excluding carboxylic acids is 2. The molecule has 1 amide bonds. The number of rotatable bonds is 6. The van der Waals surface area contributed by atoms with Crippen LogP contribution >= 0.6 is 0 Å². The highest BCUT2D eigenvalue weighted by Crippen LogP contribution is 2.31. The van der Waals surface area contributed by atoms with Crippen molar-refractivity contribution in [3.05, 3.63) is 107 Å². The van der Waals surface area contributed by atoms with E-state index in [4.69, 9.17) is 14.7 Å². The van der Waals surface area contributed by atoms with E-state index in [-0.39, 0.29) is 5.56 Å². The van der Waals surface area contributed by atoms with Crippen molar-refractivity contribution in [1.82, 2.24) is 15.0 Å². The van der Waals surface area contributed by atoms with Crippen LogP contribution in [0, 0.1) is 20.8 Å². The summed E-state index contributed by atoms with van der Waals surface area (Å²) in [4.78, 5) is 39.5. The third kappa shape index (κ3) is 5.83. The number of hydrogen-bond acceptors (Lipinski definition) is 6. The highest BCUT2D eigenvalue weighted by molar-refractivity contribution is 5.98. The Labute approximate surface area is 226 Å². The molecule has 0 fully saturated rings. The van der Waals surface area contributed by atoms with Crippen molar-refractivity contribution in [2.75, 3.05) is 5.32 Å². The van der Waals surface area contributed by atoms with Crippen LogP contribution in [-0.4, -0.2) is 32.9 Å². The minimum atomic E-state index is -1.02. The highest BCUT2D eigenvalue weighted by Gasteiger charge is 2.21. The van der Waals surface area contributed by atoms with Gasteiger partial charge in [0.2, 0.25) is 0 Å². The van der Waals surface area contributed by atoms with Crippen molar-refractivity contribution in [2.24, 2.45) is 0 Å². The van der Waals surface area contributed by atoms with E-state index in [1.807, 2.05) is 75.4 Å². The first kappa shape index (κ1) is 25.7. The molecule has 0 spiro atoms. The number of carbonyl (C=O) groups is 2. The van der Waals surface area contributed by atoms with Crippen molar-refractivity contribution < 1.29 is 14.3 Å². The first-order chi connectivity index (χ1) is 18.8. The number of aromatic nitrogens is 3. The SMILES string of the molecule is Cc1ccc(-c2nc3ccc(C(=O)OC(C)C(=O)Nc4ccc(C)cn4)cc3nc2-c2ccc(C)cc2)cc1. The summed E-state index contributed by atoms with van der Waals surface area (Å²) in [6.45, 7) is 7.50. The van der Waals surface area contributed by atoms with Crippen LogP contribution < -0.4 is 5.32 Å². The predicted octanol–water partition coefficient (Wildman–Crippen LogP) is 6.47. The Morgan fingerprint density at radius 1 is 0.718 bits per heavy atom. The number of fused-ring (bicyclic) bond motifs is 1. The summed E-state index contributed by atoms with van der Waals surface area (Å²) in [6.07, 6.45) is 0.631. The molecule has 7 nitrogen and oxygen atoms in total. The van der Waals surface area contributed by atoms with Gasteiger partial charge >= 0.3 is 5.97 Å². The molecule has 5 rings (SSSR count). The van der Waals surface area contributed by atoms with Crippen LogP contribution in [0.5, 0.6) is 0 Å². The summed E-state index contributed by atoms with van der Waals surface area (Å²) in [5.74, 6) is -0.704. The minimum absolute atomic E-state index is 0.280. The van der Waals surface area contributed by atoms with Gasteiger partial charge in [0.1, 0.15) is 5.82 Å². The van der Waals surface area contributed by atoms with E-state index in [2.05, 4.69) is 10.3 Å². The monoisotopic (exact) mass is 516 g/mol. The molecule has 0 bridgehead atoms. The second-order valence-corrected chi connectivity index (χ2v) is 9.61. The van der Waals surface area contributed by atoms with Gasteiger partial charge < -0.3 is 10.1 Å². The smallest absolute Gasteiger partial charge is 0.338 e. The Hall–Kier alpha value is -4.91. The van der Waals surface area contributed by atoms with Gasteiger partial charge in [0.15, 0.2) is 6.10 Å². The van der Waals surface area contributed by atoms with Gasteiger partial charge in [-0.15, -0.1) is 0 Å². The maximum atomic E-state index is 12.9. The number of anilines is 1. The molecule has 1 N–H and O–H groups in total. The average molecular weight is 517 g/mol. The Kier molecular flexibility index (Phi) is 7.14. The number of nitrogens with zero attached hydrogens (tertiary/aromatic N) is 3. The molecule has 194 valence electrons. The number of esters is 1. The molecule has 39 heavy (non-hydrogen) atoms. The quantitative estimate of drug-likeness (QED) is 0.260. The van der Waals surface area contributed by atoms with E-state index in [0.717, 1.165) is 39.2 Å². The topological polar surface area (TPSA) is 94.1 Å². The summed E-state index contributed by atoms with van der Waals surface area (Å²) in [6, 6.07) is 24.8. The van der Waals surface area contributed by atoms with Crippen molar-refractivity contribution >= 4 is 28.7 Å². The van der Waals surface area contributed by atoms with Crippen LogP contribution in [0.15, 0.2) is 85.1 Å². The summed E-state index contributed by atoms with van der Waals surface area (Å²) < 4.78 is 5.45.